The molecule has 1 unspecified atom stereocenters. The minimum absolute atomic E-state index is 0.280. The van der Waals surface area contributed by atoms with E-state index < -0.39 is 0 Å². The van der Waals surface area contributed by atoms with Gasteiger partial charge in [0.25, 0.3) is 0 Å². The Bertz CT molecular complexity index is 438. The van der Waals surface area contributed by atoms with Crippen LogP contribution in [0.2, 0.25) is 0 Å². The molecule has 1 aliphatic heterocycles. The highest BCUT2D eigenvalue weighted by Gasteiger charge is 2.17. The monoisotopic (exact) mass is 279 g/mol. The van der Waals surface area contributed by atoms with Crippen LogP contribution in [0.3, 0.4) is 0 Å². The highest BCUT2D eigenvalue weighted by molar-refractivity contribution is 8.00. The summed E-state index contributed by atoms with van der Waals surface area (Å²) in [4.78, 5) is 14.3. The lowest BCUT2D eigenvalue weighted by Crippen LogP contribution is -2.39. The lowest BCUT2D eigenvalue weighted by atomic mass is 10.1. The Kier molecular flexibility index (Phi) is 5.10. The van der Waals surface area contributed by atoms with Crippen molar-refractivity contribution >= 4 is 23.4 Å². The third-order valence-electron chi connectivity index (χ3n) is 3.24. The maximum absolute atomic E-state index is 10.9. The minimum atomic E-state index is -0.280. The number of hydrogen-bond acceptors (Lipinski definition) is 4. The first-order chi connectivity index (χ1) is 9.15. The lowest BCUT2D eigenvalue weighted by molar-refractivity contribution is -0.115. The predicted octanol–water partition coefficient (Wildman–Crippen LogP) is 1.77. The highest BCUT2D eigenvalue weighted by atomic mass is 32.2. The van der Waals surface area contributed by atoms with E-state index in [1.165, 1.54) is 31.1 Å². The summed E-state index contributed by atoms with van der Waals surface area (Å²) < 4.78 is 0. The van der Waals surface area contributed by atoms with Crippen LogP contribution in [0.1, 0.15) is 12.8 Å². The lowest BCUT2D eigenvalue weighted by Gasteiger charge is -2.31. The average Bonchev–Trinajstić information content (AvgIpc) is 2.38. The van der Waals surface area contributed by atoms with Crippen LogP contribution in [0, 0.1) is 0 Å². The Morgan fingerprint density at radius 3 is 3.05 bits per heavy atom. The van der Waals surface area contributed by atoms with Crippen LogP contribution in [0.4, 0.5) is 5.69 Å². The number of rotatable bonds is 5. The summed E-state index contributed by atoms with van der Waals surface area (Å²) in [6.07, 6.45) is 2.42. The van der Waals surface area contributed by atoms with Gasteiger partial charge < -0.3 is 16.0 Å². The van der Waals surface area contributed by atoms with Gasteiger partial charge in [0, 0.05) is 23.2 Å². The molecule has 3 N–H and O–H groups in total. The molecule has 0 spiro atoms. The fourth-order valence-electron chi connectivity index (χ4n) is 2.36. The third-order valence-corrected chi connectivity index (χ3v) is 4.34. The van der Waals surface area contributed by atoms with Crippen molar-refractivity contribution in [3.8, 4) is 0 Å². The van der Waals surface area contributed by atoms with E-state index in [-0.39, 0.29) is 5.91 Å². The maximum atomic E-state index is 10.9. The van der Waals surface area contributed by atoms with Gasteiger partial charge in [-0.1, -0.05) is 12.1 Å². The molecule has 1 atom stereocenters. The van der Waals surface area contributed by atoms with Gasteiger partial charge in [0.2, 0.25) is 5.91 Å². The molecule has 0 bridgehead atoms. The molecule has 1 aromatic rings. The number of thioether (sulfide) groups is 1. The summed E-state index contributed by atoms with van der Waals surface area (Å²) in [5.74, 6) is 0.0423. The van der Waals surface area contributed by atoms with E-state index in [4.69, 9.17) is 5.73 Å². The van der Waals surface area contributed by atoms with Crippen LogP contribution in [-0.4, -0.2) is 42.7 Å². The summed E-state index contributed by atoms with van der Waals surface area (Å²) in [5.41, 5.74) is 6.31. The number of hydrogen-bond donors (Lipinski definition) is 2. The van der Waals surface area contributed by atoms with E-state index in [2.05, 4.69) is 23.3 Å². The molecule has 1 aromatic carbocycles. The number of anilines is 1. The van der Waals surface area contributed by atoms with Gasteiger partial charge in [-0.15, -0.1) is 11.8 Å². The summed E-state index contributed by atoms with van der Waals surface area (Å²) >= 11 is 1.49. The number of para-hydroxylation sites is 1. The number of nitrogens with zero attached hydrogens (tertiary/aromatic N) is 1. The Morgan fingerprint density at radius 1 is 1.53 bits per heavy atom. The van der Waals surface area contributed by atoms with Crippen LogP contribution in [0.5, 0.6) is 0 Å². The molecule has 104 valence electrons. The Morgan fingerprint density at radius 2 is 2.32 bits per heavy atom. The second-order valence-electron chi connectivity index (χ2n) is 5.00. The quantitative estimate of drug-likeness (QED) is 0.807. The van der Waals surface area contributed by atoms with Crippen molar-refractivity contribution in [1.82, 2.24) is 4.90 Å². The number of nitrogens with one attached hydrogen (secondary N) is 1. The molecule has 0 aromatic heterocycles. The molecule has 0 radical (unpaired) electrons. The Balaban J connectivity index is 2.00. The molecule has 19 heavy (non-hydrogen) atoms. The summed E-state index contributed by atoms with van der Waals surface area (Å²) in [6, 6.07) is 8.58. The van der Waals surface area contributed by atoms with Crippen molar-refractivity contribution in [3.63, 3.8) is 0 Å². The normalized spacial score (nSPS) is 20.2. The summed E-state index contributed by atoms with van der Waals surface area (Å²) in [5, 5.41) is 3.59. The number of carbonyl (C=O) groups is 1. The van der Waals surface area contributed by atoms with Crippen LogP contribution in [-0.2, 0) is 4.79 Å². The van der Waals surface area contributed by atoms with Crippen molar-refractivity contribution < 1.29 is 4.79 Å². The first-order valence-corrected chi connectivity index (χ1v) is 7.59. The van der Waals surface area contributed by atoms with Crippen molar-refractivity contribution in [1.29, 1.82) is 0 Å². The molecule has 5 heteroatoms. The van der Waals surface area contributed by atoms with E-state index in [1.54, 1.807) is 0 Å². The number of amides is 1. The minimum Gasteiger partial charge on any atom is -0.380 e. The van der Waals surface area contributed by atoms with Gasteiger partial charge in [0.1, 0.15) is 0 Å². The number of carbonyl (C=O) groups excluding carboxylic acids is 1. The fourth-order valence-corrected chi connectivity index (χ4v) is 3.12. The zero-order valence-electron chi connectivity index (χ0n) is 11.3. The standard InChI is InChI=1S/C14H21N3OS/c1-17-8-4-5-11(9-17)16-12-6-2-3-7-13(12)19-10-14(15)18/h2-3,6-7,11,16H,4-5,8-10H2,1H3,(H2,15,18). The van der Waals surface area contributed by atoms with Crippen LogP contribution in [0.15, 0.2) is 29.2 Å². The average molecular weight is 279 g/mol. The molecule has 1 saturated heterocycles. The highest BCUT2D eigenvalue weighted by Crippen LogP contribution is 2.28. The van der Waals surface area contributed by atoms with E-state index in [1.807, 2.05) is 18.2 Å². The SMILES string of the molecule is CN1CCCC(Nc2ccccc2SCC(N)=O)C1. The molecule has 2 rings (SSSR count). The van der Waals surface area contributed by atoms with E-state index in [0.29, 0.717) is 11.8 Å². The molecule has 0 aliphatic carbocycles. The number of benzene rings is 1. The molecule has 4 nitrogen and oxygen atoms in total. The summed E-state index contributed by atoms with van der Waals surface area (Å²) in [7, 11) is 2.15. The van der Waals surface area contributed by atoms with E-state index in [9.17, 15) is 4.79 Å². The molecule has 1 fully saturated rings. The van der Waals surface area contributed by atoms with Crippen molar-refractivity contribution in [3.05, 3.63) is 24.3 Å². The Labute approximate surface area is 118 Å². The maximum Gasteiger partial charge on any atom is 0.227 e. The van der Waals surface area contributed by atoms with Gasteiger partial charge in [-0.3, -0.25) is 4.79 Å². The van der Waals surface area contributed by atoms with Gasteiger partial charge in [0.15, 0.2) is 0 Å². The van der Waals surface area contributed by atoms with Crippen molar-refractivity contribution in [2.75, 3.05) is 31.2 Å². The largest absolute Gasteiger partial charge is 0.380 e. The second-order valence-corrected chi connectivity index (χ2v) is 6.01. The van der Waals surface area contributed by atoms with Crippen LogP contribution in [0.25, 0.3) is 0 Å². The van der Waals surface area contributed by atoms with Crippen LogP contribution >= 0.6 is 11.8 Å². The van der Waals surface area contributed by atoms with Gasteiger partial charge in [0.05, 0.1) is 5.75 Å². The van der Waals surface area contributed by atoms with Crippen LogP contribution < -0.4 is 11.1 Å². The fraction of sp³-hybridized carbons (Fsp3) is 0.500. The van der Waals surface area contributed by atoms with E-state index in [0.717, 1.165) is 17.1 Å². The third kappa shape index (κ3) is 4.44. The van der Waals surface area contributed by atoms with E-state index >= 15 is 0 Å². The zero-order valence-corrected chi connectivity index (χ0v) is 12.1. The topological polar surface area (TPSA) is 58.4 Å². The predicted molar refractivity (Wildman–Crippen MR) is 80.5 cm³/mol. The molecule has 1 heterocycles. The molecule has 1 aliphatic rings. The number of likely N-dealkylation sites (N-methyl/N-ethyl adjacent to an activating group) is 1. The molecular weight excluding hydrogens is 258 g/mol. The second kappa shape index (κ2) is 6.82. The number of piperidine rings is 1. The van der Waals surface area contributed by atoms with Crippen molar-refractivity contribution in [2.24, 2.45) is 5.73 Å². The number of likely N-dealkylation sites (tertiary alicyclic amines) is 1. The van der Waals surface area contributed by atoms with Gasteiger partial charge in [-0.25, -0.2) is 0 Å². The first kappa shape index (κ1) is 14.2. The molecule has 0 saturated carbocycles. The molecular formula is C14H21N3OS. The van der Waals surface area contributed by atoms with Gasteiger partial charge >= 0.3 is 0 Å². The van der Waals surface area contributed by atoms with Crippen molar-refractivity contribution in [2.45, 2.75) is 23.8 Å². The van der Waals surface area contributed by atoms with Gasteiger partial charge in [-0.05, 0) is 38.6 Å². The number of nitrogens with two attached hydrogens (primary N) is 1. The zero-order chi connectivity index (χ0) is 13.7. The summed E-state index contributed by atoms with van der Waals surface area (Å²) in [6.45, 7) is 2.24. The smallest absolute Gasteiger partial charge is 0.227 e. The first-order valence-electron chi connectivity index (χ1n) is 6.60. The van der Waals surface area contributed by atoms with Gasteiger partial charge in [-0.2, -0.15) is 0 Å². The Hall–Kier alpha value is -1.20. The molecule has 1 amide bonds. The number of primary amides is 1.